The number of rotatable bonds is 2. The van der Waals surface area contributed by atoms with Gasteiger partial charge in [0.25, 0.3) is 5.91 Å². The van der Waals surface area contributed by atoms with E-state index in [-0.39, 0.29) is 18.1 Å². The Labute approximate surface area is 117 Å². The van der Waals surface area contributed by atoms with Crippen LogP contribution in [-0.2, 0) is 17.6 Å². The number of carbonyl (C=O) groups is 1. The Hall–Kier alpha value is -0.910. The summed E-state index contributed by atoms with van der Waals surface area (Å²) in [4.78, 5) is 16.7. The average Bonchev–Trinajstić information content (AvgIpc) is 2.98. The highest BCUT2D eigenvalue weighted by molar-refractivity contribution is 7.14. The summed E-state index contributed by atoms with van der Waals surface area (Å²) in [7, 11) is 0. The molecule has 1 amide bonds. The first-order chi connectivity index (χ1) is 9.15. The summed E-state index contributed by atoms with van der Waals surface area (Å²) in [6.45, 7) is 3.80. The van der Waals surface area contributed by atoms with Gasteiger partial charge >= 0.3 is 0 Å². The molecule has 1 fully saturated rings. The normalized spacial score (nSPS) is 24.3. The van der Waals surface area contributed by atoms with Crippen LogP contribution in [0, 0.1) is 0 Å². The first-order valence-corrected chi connectivity index (χ1v) is 7.75. The van der Waals surface area contributed by atoms with Crippen molar-refractivity contribution >= 4 is 17.2 Å². The summed E-state index contributed by atoms with van der Waals surface area (Å²) in [5, 5.41) is 0. The molecule has 19 heavy (non-hydrogen) atoms. The second kappa shape index (κ2) is 5.23. The minimum atomic E-state index is -0.0380. The van der Waals surface area contributed by atoms with Gasteiger partial charge in [0.15, 0.2) is 0 Å². The zero-order valence-corrected chi connectivity index (χ0v) is 12.0. The molecular weight excluding hydrogens is 260 g/mol. The van der Waals surface area contributed by atoms with Crippen molar-refractivity contribution in [3.63, 3.8) is 0 Å². The molecule has 5 heteroatoms. The molecule has 2 unspecified atom stereocenters. The lowest BCUT2D eigenvalue weighted by molar-refractivity contribution is -0.0298. The number of aryl methyl sites for hydroxylation is 2. The van der Waals surface area contributed by atoms with Crippen LogP contribution in [0.15, 0.2) is 6.07 Å². The van der Waals surface area contributed by atoms with Gasteiger partial charge < -0.3 is 15.4 Å². The standard InChI is InChI=1S/C14H20N2O2S/c1-9(15)11-8-16(5-6-18-11)14(17)13-7-10-3-2-4-12(10)19-13/h7,9,11H,2-6,8,15H2,1H3. The molecule has 1 aliphatic carbocycles. The number of thiophene rings is 1. The first kappa shape index (κ1) is 13.1. The number of morpholine rings is 1. The second-order valence-electron chi connectivity index (χ2n) is 5.43. The van der Waals surface area contributed by atoms with E-state index in [9.17, 15) is 4.79 Å². The van der Waals surface area contributed by atoms with E-state index in [1.165, 1.54) is 16.9 Å². The molecule has 0 bridgehead atoms. The summed E-state index contributed by atoms with van der Waals surface area (Å²) in [5.74, 6) is 0.147. The number of nitrogens with two attached hydrogens (primary N) is 1. The van der Waals surface area contributed by atoms with Crippen molar-refractivity contribution in [3.8, 4) is 0 Å². The molecular formula is C14H20N2O2S. The van der Waals surface area contributed by atoms with Gasteiger partial charge in [0.1, 0.15) is 0 Å². The molecule has 2 aliphatic rings. The number of amides is 1. The van der Waals surface area contributed by atoms with E-state index in [4.69, 9.17) is 10.5 Å². The lowest BCUT2D eigenvalue weighted by Crippen LogP contribution is -2.51. The number of hydrogen-bond donors (Lipinski definition) is 1. The Kier molecular flexibility index (Phi) is 3.60. The Morgan fingerprint density at radius 2 is 2.42 bits per heavy atom. The van der Waals surface area contributed by atoms with Crippen molar-refractivity contribution in [2.45, 2.75) is 38.3 Å². The SMILES string of the molecule is CC(N)C1CN(C(=O)c2cc3c(s2)CCC3)CCO1. The highest BCUT2D eigenvalue weighted by atomic mass is 32.1. The Bertz CT molecular complexity index is 462. The number of ether oxygens (including phenoxy) is 1. The van der Waals surface area contributed by atoms with E-state index < -0.39 is 0 Å². The molecule has 1 aromatic heterocycles. The molecule has 2 N–H and O–H groups in total. The summed E-state index contributed by atoms with van der Waals surface area (Å²) >= 11 is 1.67. The van der Waals surface area contributed by atoms with Gasteiger partial charge in [-0.05, 0) is 37.8 Å². The van der Waals surface area contributed by atoms with Crippen LogP contribution < -0.4 is 5.73 Å². The smallest absolute Gasteiger partial charge is 0.264 e. The fourth-order valence-electron chi connectivity index (χ4n) is 2.77. The van der Waals surface area contributed by atoms with Crippen LogP contribution in [0.1, 0.15) is 33.5 Å². The fraction of sp³-hybridized carbons (Fsp3) is 0.643. The second-order valence-corrected chi connectivity index (χ2v) is 6.57. The van der Waals surface area contributed by atoms with E-state index in [0.717, 1.165) is 17.7 Å². The highest BCUT2D eigenvalue weighted by Gasteiger charge is 2.29. The van der Waals surface area contributed by atoms with E-state index in [1.54, 1.807) is 11.3 Å². The van der Waals surface area contributed by atoms with Gasteiger partial charge in [0.2, 0.25) is 0 Å². The number of nitrogens with zero attached hydrogens (tertiary/aromatic N) is 1. The van der Waals surface area contributed by atoms with E-state index in [2.05, 4.69) is 6.07 Å². The molecule has 2 atom stereocenters. The molecule has 0 saturated carbocycles. The van der Waals surface area contributed by atoms with Crippen LogP contribution in [0.25, 0.3) is 0 Å². The lowest BCUT2D eigenvalue weighted by Gasteiger charge is -2.34. The largest absolute Gasteiger partial charge is 0.373 e. The third-order valence-corrected chi connectivity index (χ3v) is 5.15. The van der Waals surface area contributed by atoms with Crippen molar-refractivity contribution in [3.05, 3.63) is 21.4 Å². The summed E-state index contributed by atoms with van der Waals surface area (Å²) < 4.78 is 5.60. The van der Waals surface area contributed by atoms with Crippen LogP contribution in [-0.4, -0.2) is 42.6 Å². The third kappa shape index (κ3) is 2.55. The Morgan fingerprint density at radius 3 is 3.16 bits per heavy atom. The maximum absolute atomic E-state index is 12.5. The van der Waals surface area contributed by atoms with Crippen molar-refractivity contribution in [2.75, 3.05) is 19.7 Å². The van der Waals surface area contributed by atoms with Crippen molar-refractivity contribution in [1.82, 2.24) is 4.90 Å². The maximum Gasteiger partial charge on any atom is 0.264 e. The van der Waals surface area contributed by atoms with Crippen molar-refractivity contribution < 1.29 is 9.53 Å². The number of hydrogen-bond acceptors (Lipinski definition) is 4. The van der Waals surface area contributed by atoms with Crippen LogP contribution >= 0.6 is 11.3 Å². The van der Waals surface area contributed by atoms with Crippen LogP contribution in [0.5, 0.6) is 0 Å². The highest BCUT2D eigenvalue weighted by Crippen LogP contribution is 2.31. The molecule has 1 aliphatic heterocycles. The summed E-state index contributed by atoms with van der Waals surface area (Å²) in [5.41, 5.74) is 7.25. The Balaban J connectivity index is 1.72. The summed E-state index contributed by atoms with van der Waals surface area (Å²) in [6, 6.07) is 2.05. The molecule has 2 heterocycles. The average molecular weight is 280 g/mol. The molecule has 1 aromatic rings. The minimum absolute atomic E-state index is 0.0375. The van der Waals surface area contributed by atoms with Crippen LogP contribution in [0.3, 0.4) is 0 Å². The molecule has 0 spiro atoms. The van der Waals surface area contributed by atoms with Gasteiger partial charge in [-0.2, -0.15) is 0 Å². The van der Waals surface area contributed by atoms with E-state index in [1.807, 2.05) is 11.8 Å². The minimum Gasteiger partial charge on any atom is -0.373 e. The van der Waals surface area contributed by atoms with Gasteiger partial charge in [-0.25, -0.2) is 0 Å². The monoisotopic (exact) mass is 280 g/mol. The van der Waals surface area contributed by atoms with Crippen molar-refractivity contribution in [1.29, 1.82) is 0 Å². The van der Waals surface area contributed by atoms with Crippen LogP contribution in [0.4, 0.5) is 0 Å². The van der Waals surface area contributed by atoms with Gasteiger partial charge in [-0.15, -0.1) is 11.3 Å². The van der Waals surface area contributed by atoms with Gasteiger partial charge in [0.05, 0.1) is 17.6 Å². The van der Waals surface area contributed by atoms with E-state index >= 15 is 0 Å². The molecule has 104 valence electrons. The quantitative estimate of drug-likeness (QED) is 0.891. The van der Waals surface area contributed by atoms with Gasteiger partial charge in [-0.1, -0.05) is 0 Å². The van der Waals surface area contributed by atoms with Gasteiger partial charge in [0, 0.05) is 24.0 Å². The molecule has 0 radical (unpaired) electrons. The molecule has 1 saturated heterocycles. The molecule has 0 aromatic carbocycles. The van der Waals surface area contributed by atoms with Crippen LogP contribution in [0.2, 0.25) is 0 Å². The lowest BCUT2D eigenvalue weighted by atomic mass is 10.1. The fourth-order valence-corrected chi connectivity index (χ4v) is 3.99. The van der Waals surface area contributed by atoms with E-state index in [0.29, 0.717) is 19.7 Å². The maximum atomic E-state index is 12.5. The van der Waals surface area contributed by atoms with Gasteiger partial charge in [-0.3, -0.25) is 4.79 Å². The predicted octanol–water partition coefficient (Wildman–Crippen LogP) is 1.42. The Morgan fingerprint density at radius 1 is 1.58 bits per heavy atom. The topological polar surface area (TPSA) is 55.6 Å². The van der Waals surface area contributed by atoms with Crippen molar-refractivity contribution in [2.24, 2.45) is 5.73 Å². The summed E-state index contributed by atoms with van der Waals surface area (Å²) in [6.07, 6.45) is 3.47. The third-order valence-electron chi connectivity index (χ3n) is 3.92. The zero-order chi connectivity index (χ0) is 13.4. The zero-order valence-electron chi connectivity index (χ0n) is 11.2. The molecule has 4 nitrogen and oxygen atoms in total. The number of fused-ring (bicyclic) bond motifs is 1. The predicted molar refractivity (Wildman–Crippen MR) is 75.6 cm³/mol. The molecule has 3 rings (SSSR count). The number of carbonyl (C=O) groups excluding carboxylic acids is 1. The first-order valence-electron chi connectivity index (χ1n) is 6.93.